The average Bonchev–Trinajstić information content (AvgIpc) is 2.24. The summed E-state index contributed by atoms with van der Waals surface area (Å²) in [6.07, 6.45) is 0.249. The van der Waals surface area contributed by atoms with Crippen molar-refractivity contribution in [3.63, 3.8) is 0 Å². The highest BCUT2D eigenvalue weighted by atomic mass is 16.4. The molecular weight excluding hydrogens is 184 g/mol. The Bertz CT molecular complexity index is 269. The molecule has 4 heteroatoms. The van der Waals surface area contributed by atoms with Crippen LogP contribution in [0.1, 0.15) is 27.2 Å². The Hall–Kier alpha value is -1.06. The van der Waals surface area contributed by atoms with Crippen molar-refractivity contribution in [2.24, 2.45) is 23.2 Å². The van der Waals surface area contributed by atoms with E-state index in [1.165, 1.54) is 0 Å². The zero-order valence-corrected chi connectivity index (χ0v) is 8.65. The fraction of sp³-hybridized carbons (Fsp3) is 0.800. The Balaban J connectivity index is 2.96. The van der Waals surface area contributed by atoms with Crippen molar-refractivity contribution >= 4 is 11.9 Å². The van der Waals surface area contributed by atoms with Gasteiger partial charge in [-0.3, -0.25) is 9.59 Å². The topological polar surface area (TPSA) is 74.6 Å². The van der Waals surface area contributed by atoms with Crippen LogP contribution in [0.3, 0.4) is 0 Å². The van der Waals surface area contributed by atoms with Crippen LogP contribution in [0, 0.1) is 23.2 Å². The van der Waals surface area contributed by atoms with Gasteiger partial charge in [0.1, 0.15) is 0 Å². The normalized spacial score (nSPS) is 35.5. The molecule has 1 saturated carbocycles. The van der Waals surface area contributed by atoms with E-state index in [2.05, 4.69) is 0 Å². The van der Waals surface area contributed by atoms with Crippen molar-refractivity contribution in [1.82, 2.24) is 0 Å². The first-order valence-corrected chi connectivity index (χ1v) is 4.74. The highest BCUT2D eigenvalue weighted by molar-refractivity contribution is 5.76. The molecular formula is C10H16O4. The van der Waals surface area contributed by atoms with Crippen LogP contribution >= 0.6 is 0 Å². The first-order valence-electron chi connectivity index (χ1n) is 4.74. The maximum Gasteiger partial charge on any atom is 0.307 e. The van der Waals surface area contributed by atoms with Crippen LogP contribution in [0.25, 0.3) is 0 Å². The van der Waals surface area contributed by atoms with E-state index < -0.39 is 29.2 Å². The summed E-state index contributed by atoms with van der Waals surface area (Å²) in [4.78, 5) is 21.8. The van der Waals surface area contributed by atoms with E-state index in [4.69, 9.17) is 10.2 Å². The van der Waals surface area contributed by atoms with Crippen molar-refractivity contribution < 1.29 is 19.8 Å². The lowest BCUT2D eigenvalue weighted by Gasteiger charge is -2.29. The van der Waals surface area contributed by atoms with E-state index in [0.29, 0.717) is 0 Å². The Morgan fingerprint density at radius 3 is 1.93 bits per heavy atom. The third-order valence-electron chi connectivity index (χ3n) is 3.78. The van der Waals surface area contributed by atoms with Gasteiger partial charge in [-0.05, 0) is 17.8 Å². The van der Waals surface area contributed by atoms with Crippen molar-refractivity contribution in [2.45, 2.75) is 27.2 Å². The van der Waals surface area contributed by atoms with Crippen LogP contribution in [0.2, 0.25) is 0 Å². The van der Waals surface area contributed by atoms with E-state index in [-0.39, 0.29) is 12.3 Å². The average molecular weight is 200 g/mol. The van der Waals surface area contributed by atoms with Crippen LogP contribution in [-0.4, -0.2) is 22.2 Å². The van der Waals surface area contributed by atoms with Gasteiger partial charge in [-0.2, -0.15) is 0 Å². The zero-order chi connectivity index (χ0) is 11.1. The van der Waals surface area contributed by atoms with Crippen molar-refractivity contribution in [2.75, 3.05) is 0 Å². The van der Waals surface area contributed by atoms with E-state index in [1.807, 2.05) is 20.8 Å². The molecule has 1 aliphatic rings. The number of carbonyl (C=O) groups is 2. The molecule has 1 aliphatic carbocycles. The molecule has 0 aliphatic heterocycles. The van der Waals surface area contributed by atoms with Gasteiger partial charge in [-0.25, -0.2) is 0 Å². The van der Waals surface area contributed by atoms with Gasteiger partial charge in [0, 0.05) is 0 Å². The standard InChI is InChI=1S/C10H16O4/c1-5-6(8(11)12)4-7(9(13)14)10(5,2)3/h5-7H,4H2,1-3H3,(H,11,12)(H,13,14)/t5-,6-,7-/m0/s1. The monoisotopic (exact) mass is 200 g/mol. The lowest BCUT2D eigenvalue weighted by atomic mass is 9.75. The molecule has 0 bridgehead atoms. The number of aliphatic carboxylic acids is 2. The number of hydrogen-bond donors (Lipinski definition) is 2. The molecule has 0 radical (unpaired) electrons. The van der Waals surface area contributed by atoms with Crippen molar-refractivity contribution in [3.8, 4) is 0 Å². The third kappa shape index (κ3) is 1.49. The van der Waals surface area contributed by atoms with Crippen LogP contribution in [0.4, 0.5) is 0 Å². The molecule has 0 amide bonds. The summed E-state index contributed by atoms with van der Waals surface area (Å²) in [6.45, 7) is 5.49. The minimum Gasteiger partial charge on any atom is -0.481 e. The van der Waals surface area contributed by atoms with Crippen LogP contribution in [0.15, 0.2) is 0 Å². The quantitative estimate of drug-likeness (QED) is 0.707. The molecule has 0 saturated heterocycles. The summed E-state index contributed by atoms with van der Waals surface area (Å²) in [6, 6.07) is 0. The fourth-order valence-electron chi connectivity index (χ4n) is 2.33. The summed E-state index contributed by atoms with van der Waals surface area (Å²) in [5.41, 5.74) is -0.436. The molecule has 0 spiro atoms. The first-order chi connectivity index (χ1) is 6.28. The lowest BCUT2D eigenvalue weighted by Crippen LogP contribution is -2.30. The lowest BCUT2D eigenvalue weighted by molar-refractivity contribution is -0.145. The minimum atomic E-state index is -0.884. The van der Waals surface area contributed by atoms with E-state index in [9.17, 15) is 9.59 Å². The molecule has 0 heterocycles. The van der Waals surface area contributed by atoms with Gasteiger partial charge in [-0.1, -0.05) is 20.8 Å². The SMILES string of the molecule is C[C@H]1[C@@H](C(=O)O)C[C@@H](C(=O)O)C1(C)C. The van der Waals surface area contributed by atoms with Crippen LogP contribution in [-0.2, 0) is 9.59 Å². The summed E-state index contributed by atoms with van der Waals surface area (Å²) in [5, 5.41) is 17.9. The largest absolute Gasteiger partial charge is 0.481 e. The minimum absolute atomic E-state index is 0.0962. The molecule has 0 unspecified atom stereocenters. The molecule has 0 aromatic rings. The third-order valence-corrected chi connectivity index (χ3v) is 3.78. The van der Waals surface area contributed by atoms with E-state index >= 15 is 0 Å². The maximum atomic E-state index is 10.9. The second-order valence-electron chi connectivity index (χ2n) is 4.68. The van der Waals surface area contributed by atoms with Crippen molar-refractivity contribution in [3.05, 3.63) is 0 Å². The molecule has 80 valence electrons. The van der Waals surface area contributed by atoms with Crippen LogP contribution in [0.5, 0.6) is 0 Å². The molecule has 1 fully saturated rings. The van der Waals surface area contributed by atoms with Gasteiger partial charge in [0.25, 0.3) is 0 Å². The summed E-state index contributed by atoms with van der Waals surface area (Å²) >= 11 is 0. The van der Waals surface area contributed by atoms with E-state index in [0.717, 1.165) is 0 Å². The van der Waals surface area contributed by atoms with Gasteiger partial charge < -0.3 is 10.2 Å². The van der Waals surface area contributed by atoms with E-state index in [1.54, 1.807) is 0 Å². The first kappa shape index (κ1) is 11.0. The van der Waals surface area contributed by atoms with Gasteiger partial charge in [0.2, 0.25) is 0 Å². The summed E-state index contributed by atoms with van der Waals surface area (Å²) in [7, 11) is 0. The summed E-state index contributed by atoms with van der Waals surface area (Å²) < 4.78 is 0. The Labute approximate surface area is 82.9 Å². The Kier molecular flexibility index (Phi) is 2.56. The summed E-state index contributed by atoms with van der Waals surface area (Å²) in [5.74, 6) is -2.93. The highest BCUT2D eigenvalue weighted by Gasteiger charge is 2.52. The van der Waals surface area contributed by atoms with Gasteiger partial charge in [-0.15, -0.1) is 0 Å². The Morgan fingerprint density at radius 2 is 1.71 bits per heavy atom. The number of hydrogen-bond acceptors (Lipinski definition) is 2. The second-order valence-corrected chi connectivity index (χ2v) is 4.68. The molecule has 2 N–H and O–H groups in total. The Morgan fingerprint density at radius 1 is 1.21 bits per heavy atom. The van der Waals surface area contributed by atoms with Gasteiger partial charge in [0.15, 0.2) is 0 Å². The smallest absolute Gasteiger partial charge is 0.307 e. The fourth-order valence-corrected chi connectivity index (χ4v) is 2.33. The molecule has 1 rings (SSSR count). The van der Waals surface area contributed by atoms with Gasteiger partial charge in [0.05, 0.1) is 11.8 Å². The number of carboxylic acid groups (broad SMARTS) is 2. The molecule has 14 heavy (non-hydrogen) atoms. The maximum absolute atomic E-state index is 10.9. The molecule has 0 aromatic heterocycles. The predicted octanol–water partition coefficient (Wildman–Crippen LogP) is 1.45. The predicted molar refractivity (Wildman–Crippen MR) is 49.8 cm³/mol. The van der Waals surface area contributed by atoms with Crippen molar-refractivity contribution in [1.29, 1.82) is 0 Å². The zero-order valence-electron chi connectivity index (χ0n) is 8.65. The van der Waals surface area contributed by atoms with Gasteiger partial charge >= 0.3 is 11.9 Å². The van der Waals surface area contributed by atoms with Crippen LogP contribution < -0.4 is 0 Å². The number of carboxylic acids is 2. The molecule has 3 atom stereocenters. The highest BCUT2D eigenvalue weighted by Crippen LogP contribution is 2.50. The molecule has 0 aromatic carbocycles. The number of rotatable bonds is 2. The second kappa shape index (κ2) is 3.26. The molecule has 4 nitrogen and oxygen atoms in total.